The highest BCUT2D eigenvalue weighted by atomic mass is 14.9. The van der Waals surface area contributed by atoms with Crippen molar-refractivity contribution in [2.75, 3.05) is 6.54 Å². The zero-order valence-electron chi connectivity index (χ0n) is 9.74. The summed E-state index contributed by atoms with van der Waals surface area (Å²) in [5, 5.41) is 3.57. The number of fused-ring (bicyclic) bond motifs is 1. The van der Waals surface area contributed by atoms with E-state index in [0.717, 1.165) is 11.6 Å². The lowest BCUT2D eigenvalue weighted by Gasteiger charge is -2.24. The third-order valence-corrected chi connectivity index (χ3v) is 3.85. The van der Waals surface area contributed by atoms with Gasteiger partial charge in [0.15, 0.2) is 0 Å². The molecule has 2 heteroatoms. The molecule has 1 aliphatic carbocycles. The summed E-state index contributed by atoms with van der Waals surface area (Å²) in [4.78, 5) is 4.38. The van der Waals surface area contributed by atoms with Crippen molar-refractivity contribution in [2.45, 2.75) is 32.2 Å². The van der Waals surface area contributed by atoms with Gasteiger partial charge in [-0.1, -0.05) is 12.1 Å². The van der Waals surface area contributed by atoms with E-state index in [1.807, 2.05) is 13.1 Å². The van der Waals surface area contributed by atoms with Gasteiger partial charge < -0.3 is 5.32 Å². The Hall–Kier alpha value is -1.15. The highest BCUT2D eigenvalue weighted by Crippen LogP contribution is 2.33. The van der Waals surface area contributed by atoms with E-state index in [4.69, 9.17) is 0 Å². The van der Waals surface area contributed by atoms with Crippen molar-refractivity contribution in [1.82, 2.24) is 10.3 Å². The first-order valence-electron chi connectivity index (χ1n) is 6.20. The van der Waals surface area contributed by atoms with Gasteiger partial charge >= 0.3 is 0 Å². The molecule has 2 aliphatic rings. The standard InChI is InChI=1S/C14H18N2/c1-10-2-3-13(9-16-10)12-5-4-11-6-7-15-14(11)8-12/h2-3,8-9,11,14-15H,4-7H2,1H3/t11-,14-/m1/s1. The second kappa shape index (κ2) is 4.02. The molecule has 0 amide bonds. The van der Waals surface area contributed by atoms with Crippen LogP contribution >= 0.6 is 0 Å². The molecule has 1 aromatic rings. The first-order valence-corrected chi connectivity index (χ1v) is 6.20. The number of allylic oxidation sites excluding steroid dienone is 1. The number of rotatable bonds is 1. The zero-order chi connectivity index (χ0) is 11.0. The minimum Gasteiger partial charge on any atom is -0.310 e. The first kappa shape index (κ1) is 10.0. The van der Waals surface area contributed by atoms with Crippen LogP contribution in [0.2, 0.25) is 0 Å². The smallest absolute Gasteiger partial charge is 0.0373 e. The molecular formula is C14H18N2. The van der Waals surface area contributed by atoms with Crippen LogP contribution in [0.25, 0.3) is 5.57 Å². The van der Waals surface area contributed by atoms with Gasteiger partial charge in [-0.25, -0.2) is 0 Å². The molecule has 3 rings (SSSR count). The average molecular weight is 214 g/mol. The van der Waals surface area contributed by atoms with Crippen molar-refractivity contribution in [3.63, 3.8) is 0 Å². The molecule has 16 heavy (non-hydrogen) atoms. The van der Waals surface area contributed by atoms with Crippen LogP contribution in [0.3, 0.4) is 0 Å². The molecule has 0 radical (unpaired) electrons. The second-order valence-electron chi connectivity index (χ2n) is 4.95. The lowest BCUT2D eigenvalue weighted by molar-refractivity contribution is 0.465. The molecule has 1 N–H and O–H groups in total. The monoisotopic (exact) mass is 214 g/mol. The third kappa shape index (κ3) is 1.78. The van der Waals surface area contributed by atoms with Crippen LogP contribution in [0.1, 0.15) is 30.5 Å². The van der Waals surface area contributed by atoms with E-state index in [0.29, 0.717) is 6.04 Å². The summed E-state index contributed by atoms with van der Waals surface area (Å²) in [6, 6.07) is 4.92. The molecule has 2 nitrogen and oxygen atoms in total. The van der Waals surface area contributed by atoms with Crippen molar-refractivity contribution in [2.24, 2.45) is 5.92 Å². The fraction of sp³-hybridized carbons (Fsp3) is 0.500. The third-order valence-electron chi connectivity index (χ3n) is 3.85. The molecule has 0 unspecified atom stereocenters. The number of aromatic nitrogens is 1. The van der Waals surface area contributed by atoms with E-state index in [2.05, 4.69) is 28.5 Å². The van der Waals surface area contributed by atoms with Gasteiger partial charge in [0.25, 0.3) is 0 Å². The highest BCUT2D eigenvalue weighted by molar-refractivity contribution is 5.66. The van der Waals surface area contributed by atoms with Gasteiger partial charge in [0.1, 0.15) is 0 Å². The lowest BCUT2D eigenvalue weighted by Crippen LogP contribution is -2.27. The molecule has 0 aromatic carbocycles. The van der Waals surface area contributed by atoms with Crippen LogP contribution in [0.4, 0.5) is 0 Å². The Kier molecular flexibility index (Phi) is 2.52. The van der Waals surface area contributed by atoms with Crippen LogP contribution < -0.4 is 5.32 Å². The normalized spacial score (nSPS) is 28.7. The van der Waals surface area contributed by atoms with Crippen LogP contribution in [0.15, 0.2) is 24.4 Å². The fourth-order valence-corrected chi connectivity index (χ4v) is 2.84. The molecule has 2 heterocycles. The number of pyridine rings is 1. The number of nitrogens with one attached hydrogen (secondary N) is 1. The molecule has 1 fully saturated rings. The van der Waals surface area contributed by atoms with Crippen LogP contribution in [-0.2, 0) is 0 Å². The van der Waals surface area contributed by atoms with Crippen LogP contribution in [0.5, 0.6) is 0 Å². The molecule has 1 aromatic heterocycles. The largest absolute Gasteiger partial charge is 0.310 e. The predicted molar refractivity (Wildman–Crippen MR) is 66.1 cm³/mol. The van der Waals surface area contributed by atoms with E-state index in [1.54, 1.807) is 0 Å². The maximum atomic E-state index is 4.38. The Morgan fingerprint density at radius 3 is 3.06 bits per heavy atom. The average Bonchev–Trinajstić information content (AvgIpc) is 2.77. The number of hydrogen-bond donors (Lipinski definition) is 1. The van der Waals surface area contributed by atoms with E-state index in [9.17, 15) is 0 Å². The molecular weight excluding hydrogens is 196 g/mol. The summed E-state index contributed by atoms with van der Waals surface area (Å²) in [6.45, 7) is 3.22. The number of hydrogen-bond acceptors (Lipinski definition) is 2. The Morgan fingerprint density at radius 1 is 1.31 bits per heavy atom. The summed E-state index contributed by atoms with van der Waals surface area (Å²) < 4.78 is 0. The summed E-state index contributed by atoms with van der Waals surface area (Å²) in [6.07, 6.45) is 8.33. The summed E-state index contributed by atoms with van der Waals surface area (Å²) in [5.74, 6) is 0.877. The van der Waals surface area contributed by atoms with Gasteiger partial charge in [0.2, 0.25) is 0 Å². The molecule has 1 aliphatic heterocycles. The number of nitrogens with zero attached hydrogens (tertiary/aromatic N) is 1. The van der Waals surface area contributed by atoms with E-state index < -0.39 is 0 Å². The van der Waals surface area contributed by atoms with Crippen molar-refractivity contribution >= 4 is 5.57 Å². The van der Waals surface area contributed by atoms with E-state index >= 15 is 0 Å². The lowest BCUT2D eigenvalue weighted by atomic mass is 9.84. The van der Waals surface area contributed by atoms with Gasteiger partial charge in [-0.15, -0.1) is 0 Å². The Balaban J connectivity index is 1.87. The van der Waals surface area contributed by atoms with Crippen molar-refractivity contribution in [3.8, 4) is 0 Å². The predicted octanol–water partition coefficient (Wildman–Crippen LogP) is 2.55. The minimum atomic E-state index is 0.616. The van der Waals surface area contributed by atoms with Gasteiger partial charge in [-0.05, 0) is 55.9 Å². The van der Waals surface area contributed by atoms with E-state index in [1.165, 1.54) is 36.9 Å². The minimum absolute atomic E-state index is 0.616. The van der Waals surface area contributed by atoms with Crippen molar-refractivity contribution in [1.29, 1.82) is 0 Å². The number of aryl methyl sites for hydroxylation is 1. The van der Waals surface area contributed by atoms with E-state index in [-0.39, 0.29) is 0 Å². The van der Waals surface area contributed by atoms with Crippen molar-refractivity contribution < 1.29 is 0 Å². The Bertz CT molecular complexity index is 405. The van der Waals surface area contributed by atoms with Crippen molar-refractivity contribution in [3.05, 3.63) is 35.7 Å². The molecule has 2 atom stereocenters. The quantitative estimate of drug-likeness (QED) is 0.777. The molecule has 0 saturated carbocycles. The van der Waals surface area contributed by atoms with Crippen LogP contribution in [-0.4, -0.2) is 17.6 Å². The molecule has 0 bridgehead atoms. The van der Waals surface area contributed by atoms with Gasteiger partial charge in [-0.3, -0.25) is 4.98 Å². The van der Waals surface area contributed by atoms with Gasteiger partial charge in [0, 0.05) is 17.9 Å². The topological polar surface area (TPSA) is 24.9 Å². The maximum absolute atomic E-state index is 4.38. The molecule has 0 spiro atoms. The fourth-order valence-electron chi connectivity index (χ4n) is 2.84. The molecule has 84 valence electrons. The summed E-state index contributed by atoms with van der Waals surface area (Å²) in [5.41, 5.74) is 3.87. The van der Waals surface area contributed by atoms with Gasteiger partial charge in [-0.2, -0.15) is 0 Å². The molecule has 1 saturated heterocycles. The highest BCUT2D eigenvalue weighted by Gasteiger charge is 2.28. The summed E-state index contributed by atoms with van der Waals surface area (Å²) >= 11 is 0. The maximum Gasteiger partial charge on any atom is 0.0373 e. The Labute approximate surface area is 96.8 Å². The van der Waals surface area contributed by atoms with Gasteiger partial charge in [0.05, 0.1) is 0 Å². The second-order valence-corrected chi connectivity index (χ2v) is 4.95. The SMILES string of the molecule is Cc1ccc(C2=C[C@H]3NCC[C@H]3CC2)cn1. The first-order chi connectivity index (χ1) is 7.83. The zero-order valence-corrected chi connectivity index (χ0v) is 9.74. The van der Waals surface area contributed by atoms with Crippen LogP contribution in [0, 0.1) is 12.8 Å². The Morgan fingerprint density at radius 2 is 2.25 bits per heavy atom. The summed E-state index contributed by atoms with van der Waals surface area (Å²) in [7, 11) is 0.